The van der Waals surface area contributed by atoms with Crippen LogP contribution in [0.25, 0.3) is 11.4 Å². The van der Waals surface area contributed by atoms with Gasteiger partial charge in [-0.25, -0.2) is 8.78 Å². The Balaban J connectivity index is 2.49. The fourth-order valence-corrected chi connectivity index (χ4v) is 1.54. The van der Waals surface area contributed by atoms with E-state index in [1.807, 2.05) is 13.8 Å². The molecule has 0 spiro atoms. The maximum atomic E-state index is 13.2. The lowest BCUT2D eigenvalue weighted by molar-refractivity contribution is 0.222. The van der Waals surface area contributed by atoms with Crippen LogP contribution in [-0.2, 0) is 0 Å². The summed E-state index contributed by atoms with van der Waals surface area (Å²) in [7, 11) is 1.63. The zero-order valence-corrected chi connectivity index (χ0v) is 11.3. The summed E-state index contributed by atoms with van der Waals surface area (Å²) in [6, 6.07) is 3.18. The molecule has 0 aliphatic carbocycles. The van der Waals surface area contributed by atoms with Crippen LogP contribution in [0.5, 0.6) is 6.01 Å². The number of hydrogen-bond donors (Lipinski definition) is 1. The largest absolute Gasteiger partial charge is 0.461 e. The van der Waals surface area contributed by atoms with E-state index < -0.39 is 11.6 Å². The molecule has 5 nitrogen and oxygen atoms in total. The molecule has 2 rings (SSSR count). The molecule has 0 aliphatic heterocycles. The highest BCUT2D eigenvalue weighted by molar-refractivity contribution is 5.56. The first-order valence-corrected chi connectivity index (χ1v) is 6.05. The number of nitrogens with one attached hydrogen (secondary N) is 1. The standard InChI is InChI=1S/C13H14F2N4O/c1-7(2)20-13-18-11(17-12(16-3)19-13)8-4-9(14)6-10(15)5-8/h4-7H,1-3H3,(H,16,17,18,19). The minimum atomic E-state index is -0.697. The van der Waals surface area contributed by atoms with Gasteiger partial charge >= 0.3 is 6.01 Å². The number of nitrogens with zero attached hydrogens (tertiary/aromatic N) is 3. The van der Waals surface area contributed by atoms with Crippen LogP contribution in [0.15, 0.2) is 18.2 Å². The molecule has 1 aromatic heterocycles. The van der Waals surface area contributed by atoms with Crippen LogP contribution in [0.2, 0.25) is 0 Å². The molecule has 0 radical (unpaired) electrons. The lowest BCUT2D eigenvalue weighted by atomic mass is 10.2. The highest BCUT2D eigenvalue weighted by Gasteiger charge is 2.12. The monoisotopic (exact) mass is 280 g/mol. The number of benzene rings is 1. The van der Waals surface area contributed by atoms with Crippen molar-refractivity contribution in [2.75, 3.05) is 12.4 Å². The second-order valence-electron chi connectivity index (χ2n) is 4.34. The highest BCUT2D eigenvalue weighted by atomic mass is 19.1. The van der Waals surface area contributed by atoms with Crippen LogP contribution in [-0.4, -0.2) is 28.1 Å². The molecular formula is C13H14F2N4O. The summed E-state index contributed by atoms with van der Waals surface area (Å²) < 4.78 is 31.9. The summed E-state index contributed by atoms with van der Waals surface area (Å²) in [5.74, 6) is -0.996. The van der Waals surface area contributed by atoms with E-state index in [2.05, 4.69) is 20.3 Å². The van der Waals surface area contributed by atoms with Gasteiger partial charge in [0.2, 0.25) is 5.95 Å². The molecule has 0 unspecified atom stereocenters. The van der Waals surface area contributed by atoms with Gasteiger partial charge in [-0.05, 0) is 26.0 Å². The summed E-state index contributed by atoms with van der Waals surface area (Å²) in [6.07, 6.45) is -0.126. The Morgan fingerprint density at radius 3 is 2.25 bits per heavy atom. The maximum absolute atomic E-state index is 13.2. The summed E-state index contributed by atoms with van der Waals surface area (Å²) in [5, 5.41) is 2.75. The van der Waals surface area contributed by atoms with Crippen molar-refractivity contribution in [3.63, 3.8) is 0 Å². The van der Waals surface area contributed by atoms with E-state index in [-0.39, 0.29) is 29.5 Å². The van der Waals surface area contributed by atoms with Crippen molar-refractivity contribution in [3.8, 4) is 17.4 Å². The molecule has 1 N–H and O–H groups in total. The zero-order valence-electron chi connectivity index (χ0n) is 11.3. The Morgan fingerprint density at radius 1 is 1.05 bits per heavy atom. The molecule has 0 aliphatic rings. The van der Waals surface area contributed by atoms with Crippen LogP contribution in [0, 0.1) is 11.6 Å². The first-order valence-electron chi connectivity index (χ1n) is 6.05. The third-order valence-electron chi connectivity index (χ3n) is 2.30. The fourth-order valence-electron chi connectivity index (χ4n) is 1.54. The molecule has 106 valence electrons. The van der Waals surface area contributed by atoms with Crippen molar-refractivity contribution in [1.29, 1.82) is 0 Å². The smallest absolute Gasteiger partial charge is 0.322 e. The van der Waals surface area contributed by atoms with E-state index in [0.29, 0.717) is 0 Å². The fraction of sp³-hybridized carbons (Fsp3) is 0.308. The number of ether oxygens (including phenoxy) is 1. The molecule has 20 heavy (non-hydrogen) atoms. The van der Waals surface area contributed by atoms with E-state index in [0.717, 1.165) is 18.2 Å². The number of anilines is 1. The zero-order chi connectivity index (χ0) is 14.7. The van der Waals surface area contributed by atoms with E-state index in [9.17, 15) is 8.78 Å². The third kappa shape index (κ3) is 3.37. The normalized spacial score (nSPS) is 10.7. The molecule has 0 fully saturated rings. The molecule has 0 amide bonds. The van der Waals surface area contributed by atoms with Crippen molar-refractivity contribution >= 4 is 5.95 Å². The van der Waals surface area contributed by atoms with Gasteiger partial charge in [-0.2, -0.15) is 15.0 Å². The van der Waals surface area contributed by atoms with Crippen LogP contribution >= 0.6 is 0 Å². The lowest BCUT2D eigenvalue weighted by Crippen LogP contribution is -2.11. The quantitative estimate of drug-likeness (QED) is 0.933. The van der Waals surface area contributed by atoms with Gasteiger partial charge in [0, 0.05) is 18.7 Å². The molecule has 7 heteroatoms. The van der Waals surface area contributed by atoms with Crippen molar-refractivity contribution in [3.05, 3.63) is 29.8 Å². The summed E-state index contributed by atoms with van der Waals surface area (Å²) in [4.78, 5) is 12.1. The summed E-state index contributed by atoms with van der Waals surface area (Å²) >= 11 is 0. The van der Waals surface area contributed by atoms with Gasteiger partial charge in [0.05, 0.1) is 6.10 Å². The minimum Gasteiger partial charge on any atom is -0.461 e. The predicted octanol–water partition coefficient (Wildman–Crippen LogP) is 2.65. The third-order valence-corrected chi connectivity index (χ3v) is 2.30. The maximum Gasteiger partial charge on any atom is 0.322 e. The van der Waals surface area contributed by atoms with Crippen LogP contribution in [0.1, 0.15) is 13.8 Å². The van der Waals surface area contributed by atoms with Gasteiger partial charge in [0.1, 0.15) is 11.6 Å². The Hall–Kier alpha value is -2.31. The highest BCUT2D eigenvalue weighted by Crippen LogP contribution is 2.21. The SMILES string of the molecule is CNc1nc(OC(C)C)nc(-c2cc(F)cc(F)c2)n1. The number of rotatable bonds is 4. The summed E-state index contributed by atoms with van der Waals surface area (Å²) in [5.41, 5.74) is 0.218. The molecule has 0 saturated carbocycles. The topological polar surface area (TPSA) is 59.9 Å². The minimum absolute atomic E-state index is 0.0963. The van der Waals surface area contributed by atoms with Gasteiger partial charge in [-0.3, -0.25) is 0 Å². The lowest BCUT2D eigenvalue weighted by Gasteiger charge is -2.10. The number of hydrogen-bond acceptors (Lipinski definition) is 5. The van der Waals surface area contributed by atoms with E-state index in [1.165, 1.54) is 0 Å². The summed E-state index contributed by atoms with van der Waals surface area (Å²) in [6.45, 7) is 3.65. The van der Waals surface area contributed by atoms with Gasteiger partial charge in [-0.15, -0.1) is 0 Å². The molecular weight excluding hydrogens is 266 g/mol. The van der Waals surface area contributed by atoms with Crippen LogP contribution in [0.3, 0.4) is 0 Å². The van der Waals surface area contributed by atoms with Gasteiger partial charge in [0.15, 0.2) is 5.82 Å². The van der Waals surface area contributed by atoms with Crippen LogP contribution < -0.4 is 10.1 Å². The molecule has 0 atom stereocenters. The second kappa shape index (κ2) is 5.77. The Labute approximate surface area is 115 Å². The number of halogens is 2. The van der Waals surface area contributed by atoms with Crippen LogP contribution in [0.4, 0.5) is 14.7 Å². The Morgan fingerprint density at radius 2 is 1.70 bits per heavy atom. The molecule has 1 aromatic carbocycles. The molecule has 0 saturated heterocycles. The van der Waals surface area contributed by atoms with E-state index >= 15 is 0 Å². The van der Waals surface area contributed by atoms with Gasteiger partial charge in [0.25, 0.3) is 0 Å². The Bertz CT molecular complexity index is 599. The Kier molecular flexibility index (Phi) is 4.07. The van der Waals surface area contributed by atoms with Gasteiger partial charge < -0.3 is 10.1 Å². The van der Waals surface area contributed by atoms with Crippen molar-refractivity contribution < 1.29 is 13.5 Å². The van der Waals surface area contributed by atoms with E-state index in [4.69, 9.17) is 4.74 Å². The van der Waals surface area contributed by atoms with Crippen molar-refractivity contribution in [2.24, 2.45) is 0 Å². The van der Waals surface area contributed by atoms with Gasteiger partial charge in [-0.1, -0.05) is 0 Å². The molecule has 1 heterocycles. The molecule has 0 bridgehead atoms. The molecule has 2 aromatic rings. The van der Waals surface area contributed by atoms with E-state index in [1.54, 1.807) is 7.05 Å². The first kappa shape index (κ1) is 14.1. The second-order valence-corrected chi connectivity index (χ2v) is 4.34. The number of aromatic nitrogens is 3. The predicted molar refractivity (Wildman–Crippen MR) is 70.5 cm³/mol. The van der Waals surface area contributed by atoms with Crippen molar-refractivity contribution in [1.82, 2.24) is 15.0 Å². The first-order chi connectivity index (χ1) is 9.47. The van der Waals surface area contributed by atoms with Crippen molar-refractivity contribution in [2.45, 2.75) is 20.0 Å². The average molecular weight is 280 g/mol. The average Bonchev–Trinajstić information content (AvgIpc) is 2.36.